The van der Waals surface area contributed by atoms with Crippen LogP contribution in [-0.2, 0) is 0 Å². The van der Waals surface area contributed by atoms with Gasteiger partial charge in [0.15, 0.2) is 0 Å². The van der Waals surface area contributed by atoms with Crippen molar-refractivity contribution < 1.29 is 0 Å². The SMILES string of the molecule is CC1=NN(N)CSC/C=C/1C. The zero-order valence-electron chi connectivity index (χ0n) is 6.87. The first kappa shape index (κ1) is 8.62. The third-order valence-electron chi connectivity index (χ3n) is 1.58. The molecular weight excluding hydrogens is 158 g/mol. The van der Waals surface area contributed by atoms with E-state index in [9.17, 15) is 0 Å². The van der Waals surface area contributed by atoms with Crippen LogP contribution in [0.2, 0.25) is 0 Å². The average Bonchev–Trinajstić information content (AvgIpc) is 1.95. The molecule has 0 saturated heterocycles. The lowest BCUT2D eigenvalue weighted by molar-refractivity contribution is 0.356. The van der Waals surface area contributed by atoms with Crippen LogP contribution in [-0.4, -0.2) is 22.5 Å². The number of rotatable bonds is 0. The molecule has 0 radical (unpaired) electrons. The Morgan fingerprint density at radius 1 is 1.64 bits per heavy atom. The third kappa shape index (κ3) is 2.55. The molecule has 1 aliphatic heterocycles. The maximum atomic E-state index is 5.55. The van der Waals surface area contributed by atoms with Crippen molar-refractivity contribution in [1.29, 1.82) is 0 Å². The Bertz CT molecular complexity index is 198. The van der Waals surface area contributed by atoms with E-state index in [-0.39, 0.29) is 0 Å². The first-order valence-corrected chi connectivity index (χ1v) is 4.68. The van der Waals surface area contributed by atoms with E-state index in [1.807, 2.05) is 6.92 Å². The summed E-state index contributed by atoms with van der Waals surface area (Å²) in [5, 5.41) is 5.64. The monoisotopic (exact) mass is 171 g/mol. The summed E-state index contributed by atoms with van der Waals surface area (Å²) in [5.41, 5.74) is 2.22. The summed E-state index contributed by atoms with van der Waals surface area (Å²) >= 11 is 1.76. The number of allylic oxidation sites excluding steroid dienone is 1. The lowest BCUT2D eigenvalue weighted by Crippen LogP contribution is -2.27. The molecule has 1 heterocycles. The molecular formula is C7H13N3S. The predicted octanol–water partition coefficient (Wildman–Crippen LogP) is 1.19. The van der Waals surface area contributed by atoms with Crippen molar-refractivity contribution in [3.63, 3.8) is 0 Å². The number of nitrogens with two attached hydrogens (primary N) is 1. The van der Waals surface area contributed by atoms with Gasteiger partial charge in [0.25, 0.3) is 0 Å². The zero-order valence-corrected chi connectivity index (χ0v) is 7.69. The van der Waals surface area contributed by atoms with Crippen molar-refractivity contribution in [2.45, 2.75) is 13.8 Å². The number of hydrazone groups is 1. The van der Waals surface area contributed by atoms with Gasteiger partial charge in [0.1, 0.15) is 0 Å². The Morgan fingerprint density at radius 3 is 3.09 bits per heavy atom. The van der Waals surface area contributed by atoms with E-state index < -0.39 is 0 Å². The van der Waals surface area contributed by atoms with Gasteiger partial charge < -0.3 is 0 Å². The third-order valence-corrected chi connectivity index (χ3v) is 2.43. The topological polar surface area (TPSA) is 41.6 Å². The van der Waals surface area contributed by atoms with Crippen LogP contribution >= 0.6 is 11.8 Å². The molecule has 0 atom stereocenters. The highest BCUT2D eigenvalue weighted by atomic mass is 32.2. The first-order valence-electron chi connectivity index (χ1n) is 3.52. The fourth-order valence-corrected chi connectivity index (χ4v) is 1.50. The van der Waals surface area contributed by atoms with Crippen molar-refractivity contribution in [3.8, 4) is 0 Å². The van der Waals surface area contributed by atoms with Crippen LogP contribution in [0.1, 0.15) is 13.8 Å². The number of hydrogen-bond donors (Lipinski definition) is 1. The molecule has 0 aromatic heterocycles. The largest absolute Gasteiger partial charge is 0.231 e. The Hall–Kier alpha value is -0.480. The zero-order chi connectivity index (χ0) is 8.27. The van der Waals surface area contributed by atoms with Crippen LogP contribution in [0.25, 0.3) is 0 Å². The molecule has 0 aliphatic carbocycles. The van der Waals surface area contributed by atoms with Crippen molar-refractivity contribution in [3.05, 3.63) is 11.6 Å². The van der Waals surface area contributed by atoms with Gasteiger partial charge in [-0.25, -0.2) is 11.0 Å². The van der Waals surface area contributed by atoms with Gasteiger partial charge in [-0.2, -0.15) is 5.10 Å². The summed E-state index contributed by atoms with van der Waals surface area (Å²) in [7, 11) is 0. The van der Waals surface area contributed by atoms with E-state index in [0.29, 0.717) is 0 Å². The fourth-order valence-electron chi connectivity index (χ4n) is 0.778. The molecule has 0 spiro atoms. The first-order chi connectivity index (χ1) is 5.20. The standard InChI is InChI=1S/C7H13N3S/c1-6-3-4-11-5-10(8)9-7(6)2/h3H,4-5,8H2,1-2H3/b6-3+,9-7?. The minimum Gasteiger partial charge on any atom is -0.231 e. The summed E-state index contributed by atoms with van der Waals surface area (Å²) in [6.45, 7) is 4.03. The fraction of sp³-hybridized carbons (Fsp3) is 0.571. The highest BCUT2D eigenvalue weighted by Crippen LogP contribution is 2.09. The summed E-state index contributed by atoms with van der Waals surface area (Å²) in [4.78, 5) is 0. The maximum absolute atomic E-state index is 5.55. The highest BCUT2D eigenvalue weighted by molar-refractivity contribution is 7.99. The molecule has 11 heavy (non-hydrogen) atoms. The van der Waals surface area contributed by atoms with Crippen LogP contribution in [0, 0.1) is 0 Å². The molecule has 0 fully saturated rings. The van der Waals surface area contributed by atoms with Crippen LogP contribution in [0.4, 0.5) is 0 Å². The Morgan fingerprint density at radius 2 is 2.36 bits per heavy atom. The number of thioether (sulfide) groups is 1. The normalized spacial score (nSPS) is 24.8. The molecule has 0 aromatic rings. The Labute approximate surface area is 71.3 Å². The van der Waals surface area contributed by atoms with Gasteiger partial charge in [0.2, 0.25) is 0 Å². The molecule has 0 amide bonds. The predicted molar refractivity (Wildman–Crippen MR) is 50.2 cm³/mol. The Kier molecular flexibility index (Phi) is 2.96. The van der Waals surface area contributed by atoms with Crippen molar-refractivity contribution in [2.75, 3.05) is 11.6 Å². The van der Waals surface area contributed by atoms with Crippen LogP contribution in [0.3, 0.4) is 0 Å². The van der Waals surface area contributed by atoms with Crippen molar-refractivity contribution in [2.24, 2.45) is 10.9 Å². The molecule has 3 nitrogen and oxygen atoms in total. The van der Waals surface area contributed by atoms with Gasteiger partial charge in [-0.1, -0.05) is 6.08 Å². The average molecular weight is 171 g/mol. The van der Waals surface area contributed by atoms with E-state index in [4.69, 9.17) is 5.84 Å². The molecule has 1 aliphatic rings. The van der Waals surface area contributed by atoms with Crippen LogP contribution < -0.4 is 5.84 Å². The second kappa shape index (κ2) is 3.78. The number of nitrogens with zero attached hydrogens (tertiary/aromatic N) is 2. The molecule has 1 rings (SSSR count). The van der Waals surface area contributed by atoms with Crippen LogP contribution in [0.5, 0.6) is 0 Å². The van der Waals surface area contributed by atoms with Gasteiger partial charge in [0, 0.05) is 5.75 Å². The second-order valence-corrected chi connectivity index (χ2v) is 3.51. The smallest absolute Gasteiger partial charge is 0.0987 e. The number of hydrazine groups is 1. The minimum absolute atomic E-state index is 0.765. The lowest BCUT2D eigenvalue weighted by Gasteiger charge is -2.15. The van der Waals surface area contributed by atoms with Gasteiger partial charge in [-0.15, -0.1) is 11.8 Å². The molecule has 0 aromatic carbocycles. The van der Waals surface area contributed by atoms with Gasteiger partial charge in [-0.05, 0) is 19.4 Å². The molecule has 2 N–H and O–H groups in total. The maximum Gasteiger partial charge on any atom is 0.0987 e. The quantitative estimate of drug-likeness (QED) is 0.557. The Balaban J connectivity index is 2.75. The van der Waals surface area contributed by atoms with E-state index >= 15 is 0 Å². The van der Waals surface area contributed by atoms with Gasteiger partial charge in [-0.3, -0.25) is 0 Å². The number of hydrogen-bond acceptors (Lipinski definition) is 4. The van der Waals surface area contributed by atoms with E-state index in [1.54, 1.807) is 11.8 Å². The molecule has 0 saturated carbocycles. The molecule has 0 unspecified atom stereocenters. The second-order valence-electron chi connectivity index (χ2n) is 2.51. The summed E-state index contributed by atoms with van der Waals surface area (Å²) in [6, 6.07) is 0. The molecule has 4 heteroatoms. The van der Waals surface area contributed by atoms with E-state index in [1.165, 1.54) is 10.7 Å². The van der Waals surface area contributed by atoms with E-state index in [2.05, 4.69) is 18.1 Å². The van der Waals surface area contributed by atoms with Crippen molar-refractivity contribution in [1.82, 2.24) is 5.12 Å². The summed E-state index contributed by atoms with van der Waals surface area (Å²) in [6.07, 6.45) is 2.18. The van der Waals surface area contributed by atoms with Crippen LogP contribution in [0.15, 0.2) is 16.8 Å². The van der Waals surface area contributed by atoms with Crippen molar-refractivity contribution >= 4 is 17.5 Å². The van der Waals surface area contributed by atoms with Gasteiger partial charge in [0.05, 0.1) is 11.6 Å². The lowest BCUT2D eigenvalue weighted by atomic mass is 10.2. The summed E-state index contributed by atoms with van der Waals surface area (Å²) < 4.78 is 0. The highest BCUT2D eigenvalue weighted by Gasteiger charge is 2.01. The molecule has 62 valence electrons. The summed E-state index contributed by atoms with van der Waals surface area (Å²) in [5.74, 6) is 7.34. The van der Waals surface area contributed by atoms with E-state index in [0.717, 1.165) is 17.3 Å². The molecule has 0 bridgehead atoms. The van der Waals surface area contributed by atoms with Gasteiger partial charge >= 0.3 is 0 Å². The minimum atomic E-state index is 0.765.